The zero-order chi connectivity index (χ0) is 18.1. The lowest BCUT2D eigenvalue weighted by atomic mass is 9.44. The van der Waals surface area contributed by atoms with E-state index >= 15 is 0 Å². The standard InChI is InChI=1S/C20H27ClO3/c1-6-17(4)11-15(23)18(5)12(2)7-9-19(13(3)16(17)24)10-8-14(22)20(18,19)21/h6,12-13H,1,7-11H2,2-5H3/t12?,13?,17-,18+,19?,20?/m1/s1. The largest absolute Gasteiger partial charge is 0.299 e. The van der Waals surface area contributed by atoms with Gasteiger partial charge in [0.05, 0.1) is 10.8 Å². The fourth-order valence-electron chi connectivity index (χ4n) is 5.89. The first kappa shape index (κ1) is 17.8. The van der Waals surface area contributed by atoms with Crippen LogP contribution in [0.4, 0.5) is 0 Å². The molecule has 3 rings (SSSR count). The highest BCUT2D eigenvalue weighted by Crippen LogP contribution is 2.70. The van der Waals surface area contributed by atoms with Crippen molar-refractivity contribution in [1.82, 2.24) is 0 Å². The lowest BCUT2D eigenvalue weighted by molar-refractivity contribution is -0.162. The van der Waals surface area contributed by atoms with Gasteiger partial charge in [0.1, 0.15) is 16.4 Å². The van der Waals surface area contributed by atoms with Crippen LogP contribution >= 0.6 is 11.6 Å². The van der Waals surface area contributed by atoms with Gasteiger partial charge in [-0.25, -0.2) is 0 Å². The summed E-state index contributed by atoms with van der Waals surface area (Å²) in [4.78, 5) is 38.4. The van der Waals surface area contributed by atoms with Gasteiger partial charge in [0.2, 0.25) is 0 Å². The molecule has 0 aromatic carbocycles. The minimum Gasteiger partial charge on any atom is -0.299 e. The van der Waals surface area contributed by atoms with Gasteiger partial charge < -0.3 is 0 Å². The quantitative estimate of drug-likeness (QED) is 0.528. The second-order valence-electron chi connectivity index (χ2n) is 8.69. The van der Waals surface area contributed by atoms with Gasteiger partial charge in [0.15, 0.2) is 5.78 Å². The summed E-state index contributed by atoms with van der Waals surface area (Å²) < 4.78 is 0. The van der Waals surface area contributed by atoms with Gasteiger partial charge in [-0.3, -0.25) is 14.4 Å². The molecule has 4 unspecified atom stereocenters. The Hall–Kier alpha value is -0.960. The Labute approximate surface area is 149 Å². The van der Waals surface area contributed by atoms with Gasteiger partial charge in [-0.15, -0.1) is 18.2 Å². The van der Waals surface area contributed by atoms with E-state index in [9.17, 15) is 14.4 Å². The molecule has 132 valence electrons. The van der Waals surface area contributed by atoms with Crippen molar-refractivity contribution in [2.75, 3.05) is 0 Å². The molecule has 6 atom stereocenters. The lowest BCUT2D eigenvalue weighted by Crippen LogP contribution is -2.69. The molecule has 3 nitrogen and oxygen atoms in total. The number of allylic oxidation sites excluding steroid dienone is 1. The molecule has 0 radical (unpaired) electrons. The zero-order valence-corrected chi connectivity index (χ0v) is 15.8. The molecule has 3 fully saturated rings. The molecule has 0 aromatic rings. The molecule has 3 aliphatic carbocycles. The fraction of sp³-hybridized carbons (Fsp3) is 0.750. The maximum atomic E-state index is 13.4. The van der Waals surface area contributed by atoms with Gasteiger partial charge in [0, 0.05) is 24.2 Å². The van der Waals surface area contributed by atoms with Crippen LogP contribution in [0.25, 0.3) is 0 Å². The first-order chi connectivity index (χ1) is 11.0. The van der Waals surface area contributed by atoms with Crippen LogP contribution in [0.5, 0.6) is 0 Å². The molecule has 0 amide bonds. The summed E-state index contributed by atoms with van der Waals surface area (Å²) in [6, 6.07) is 0. The van der Waals surface area contributed by atoms with Crippen LogP contribution in [0, 0.1) is 28.1 Å². The van der Waals surface area contributed by atoms with Crippen molar-refractivity contribution >= 4 is 29.0 Å². The third kappa shape index (κ3) is 1.67. The number of hydrogen-bond donors (Lipinski definition) is 0. The summed E-state index contributed by atoms with van der Waals surface area (Å²) in [5, 5.41) is 0. The maximum Gasteiger partial charge on any atom is 0.155 e. The second-order valence-corrected chi connectivity index (χ2v) is 9.25. The van der Waals surface area contributed by atoms with Gasteiger partial charge in [-0.05, 0) is 32.1 Å². The van der Waals surface area contributed by atoms with Gasteiger partial charge in [-0.2, -0.15) is 0 Å². The van der Waals surface area contributed by atoms with Gasteiger partial charge in [-0.1, -0.05) is 26.8 Å². The predicted octanol–water partition coefficient (Wildman–Crippen LogP) is 4.12. The molecule has 0 N–H and O–H groups in total. The van der Waals surface area contributed by atoms with Crippen LogP contribution in [-0.2, 0) is 14.4 Å². The van der Waals surface area contributed by atoms with E-state index in [1.54, 1.807) is 13.0 Å². The van der Waals surface area contributed by atoms with E-state index in [0.717, 1.165) is 12.8 Å². The average molecular weight is 351 g/mol. The first-order valence-corrected chi connectivity index (χ1v) is 9.32. The lowest BCUT2D eigenvalue weighted by Gasteiger charge is -2.61. The molecule has 0 aliphatic heterocycles. The number of carbonyl (C=O) groups excluding carboxylic acids is 3. The number of halogens is 1. The summed E-state index contributed by atoms with van der Waals surface area (Å²) in [6.45, 7) is 11.4. The Bertz CT molecular complexity index is 655. The van der Waals surface area contributed by atoms with Crippen molar-refractivity contribution in [3.63, 3.8) is 0 Å². The minimum atomic E-state index is -1.26. The Morgan fingerprint density at radius 2 is 1.75 bits per heavy atom. The number of alkyl halides is 1. The highest BCUT2D eigenvalue weighted by molar-refractivity contribution is 6.39. The summed E-state index contributed by atoms with van der Waals surface area (Å²) in [6.07, 6.45) is 4.21. The molecule has 24 heavy (non-hydrogen) atoms. The molecule has 3 aliphatic rings. The highest BCUT2D eigenvalue weighted by atomic mass is 35.5. The van der Waals surface area contributed by atoms with E-state index in [-0.39, 0.29) is 35.6 Å². The first-order valence-electron chi connectivity index (χ1n) is 8.95. The van der Waals surface area contributed by atoms with Gasteiger partial charge >= 0.3 is 0 Å². The summed E-state index contributed by atoms with van der Waals surface area (Å²) in [5.74, 6) is -0.445. The molecule has 0 heterocycles. The van der Waals surface area contributed by atoms with E-state index in [4.69, 9.17) is 11.6 Å². The van der Waals surface area contributed by atoms with Crippen LogP contribution in [-0.4, -0.2) is 22.2 Å². The normalized spacial score (nSPS) is 51.8. The Morgan fingerprint density at radius 1 is 1.12 bits per heavy atom. The van der Waals surface area contributed by atoms with E-state index < -0.39 is 21.1 Å². The number of rotatable bonds is 1. The van der Waals surface area contributed by atoms with E-state index in [1.807, 2.05) is 20.8 Å². The van der Waals surface area contributed by atoms with Gasteiger partial charge in [0.25, 0.3) is 0 Å². The predicted molar refractivity (Wildman–Crippen MR) is 93.9 cm³/mol. The SMILES string of the molecule is C=C[C@]1(C)CC(=O)[C@]2(C)C(C)CCC3(CCC(=O)C32Cl)C(C)C1=O. The van der Waals surface area contributed by atoms with Crippen molar-refractivity contribution in [2.45, 2.75) is 64.7 Å². The number of ketones is 3. The Morgan fingerprint density at radius 3 is 2.33 bits per heavy atom. The molecule has 4 heteroatoms. The summed E-state index contributed by atoms with van der Waals surface area (Å²) >= 11 is 7.14. The van der Waals surface area contributed by atoms with Crippen LogP contribution in [0.3, 0.4) is 0 Å². The Kier molecular flexibility index (Phi) is 3.74. The maximum absolute atomic E-state index is 13.4. The number of Topliss-reactive ketones (excluding diaryl/α,β-unsaturated/α-hetero) is 3. The number of hydrogen-bond acceptors (Lipinski definition) is 3. The molecule has 2 bridgehead atoms. The molecule has 0 aromatic heterocycles. The fourth-order valence-corrected chi connectivity index (χ4v) is 6.62. The van der Waals surface area contributed by atoms with Crippen molar-refractivity contribution in [3.8, 4) is 0 Å². The Balaban J connectivity index is 2.33. The highest BCUT2D eigenvalue weighted by Gasteiger charge is 2.76. The molecule has 0 saturated heterocycles. The average Bonchev–Trinajstić information content (AvgIpc) is 2.83. The second kappa shape index (κ2) is 5.03. The van der Waals surface area contributed by atoms with E-state index in [1.165, 1.54) is 0 Å². The van der Waals surface area contributed by atoms with E-state index in [2.05, 4.69) is 6.58 Å². The van der Waals surface area contributed by atoms with Crippen molar-refractivity contribution in [3.05, 3.63) is 12.7 Å². The van der Waals surface area contributed by atoms with Crippen LogP contribution in [0.1, 0.15) is 59.8 Å². The topological polar surface area (TPSA) is 51.2 Å². The molecule has 0 spiro atoms. The summed E-state index contributed by atoms with van der Waals surface area (Å²) in [7, 11) is 0. The molecular formula is C20H27ClO3. The molecule has 3 saturated carbocycles. The monoisotopic (exact) mass is 350 g/mol. The van der Waals surface area contributed by atoms with Crippen molar-refractivity contribution in [1.29, 1.82) is 0 Å². The molecular weight excluding hydrogens is 324 g/mol. The van der Waals surface area contributed by atoms with Crippen molar-refractivity contribution < 1.29 is 14.4 Å². The van der Waals surface area contributed by atoms with Crippen molar-refractivity contribution in [2.24, 2.45) is 28.1 Å². The minimum absolute atomic E-state index is 0.00202. The van der Waals surface area contributed by atoms with Crippen LogP contribution < -0.4 is 0 Å². The zero-order valence-electron chi connectivity index (χ0n) is 15.1. The van der Waals surface area contributed by atoms with Crippen LogP contribution in [0.2, 0.25) is 0 Å². The smallest absolute Gasteiger partial charge is 0.155 e. The number of carbonyl (C=O) groups is 3. The van der Waals surface area contributed by atoms with E-state index in [0.29, 0.717) is 12.8 Å². The third-order valence-corrected chi connectivity index (χ3v) is 8.92. The third-order valence-electron chi connectivity index (χ3n) is 7.94. The van der Waals surface area contributed by atoms with Crippen LogP contribution in [0.15, 0.2) is 12.7 Å². The summed E-state index contributed by atoms with van der Waals surface area (Å²) in [5.41, 5.74) is -2.43.